The lowest BCUT2D eigenvalue weighted by atomic mass is 9.96. The molecule has 4 rings (SSSR count). The first-order chi connectivity index (χ1) is 14.0. The Bertz CT molecular complexity index is 1150. The maximum atomic E-state index is 6.15. The molecule has 1 nitrogen and oxygen atoms in total. The van der Waals surface area contributed by atoms with Gasteiger partial charge in [0.2, 0.25) is 0 Å². The van der Waals surface area contributed by atoms with Gasteiger partial charge in [0.15, 0.2) is 0 Å². The summed E-state index contributed by atoms with van der Waals surface area (Å²) < 4.78 is 0. The number of halogens is 1. The van der Waals surface area contributed by atoms with E-state index in [1.54, 1.807) is 0 Å². The molecule has 0 aromatic heterocycles. The van der Waals surface area contributed by atoms with E-state index in [9.17, 15) is 0 Å². The van der Waals surface area contributed by atoms with E-state index in [0.29, 0.717) is 0 Å². The van der Waals surface area contributed by atoms with Gasteiger partial charge in [0.1, 0.15) is 0 Å². The summed E-state index contributed by atoms with van der Waals surface area (Å²) in [7, 11) is 0. The van der Waals surface area contributed by atoms with Crippen molar-refractivity contribution < 1.29 is 0 Å². The number of para-hydroxylation sites is 1. The molecule has 0 aliphatic heterocycles. The van der Waals surface area contributed by atoms with Crippen LogP contribution < -0.4 is 4.90 Å². The zero-order valence-corrected chi connectivity index (χ0v) is 17.7. The lowest BCUT2D eigenvalue weighted by Gasteiger charge is -2.26. The number of aryl methyl sites for hydroxylation is 3. The minimum absolute atomic E-state index is 0.773. The van der Waals surface area contributed by atoms with Gasteiger partial charge in [0.05, 0.1) is 0 Å². The molecule has 4 aromatic carbocycles. The van der Waals surface area contributed by atoms with Crippen molar-refractivity contribution in [3.63, 3.8) is 0 Å². The minimum atomic E-state index is 0.773. The van der Waals surface area contributed by atoms with Crippen LogP contribution in [0.3, 0.4) is 0 Å². The SMILES string of the molecule is Cc1cccc(N(c2ccccc2)c2ccc(-c3ccc(Cl)cc3C)c(C)c2)c1. The maximum Gasteiger partial charge on any atom is 0.0464 e. The zero-order valence-electron chi connectivity index (χ0n) is 17.0. The lowest BCUT2D eigenvalue weighted by molar-refractivity contribution is 1.26. The zero-order chi connectivity index (χ0) is 20.4. The number of hydrogen-bond donors (Lipinski definition) is 0. The molecule has 0 saturated heterocycles. The van der Waals surface area contributed by atoms with Crippen LogP contribution in [-0.4, -0.2) is 0 Å². The predicted octanol–water partition coefficient (Wildman–Crippen LogP) is 8.40. The maximum absolute atomic E-state index is 6.15. The Morgan fingerprint density at radius 1 is 0.552 bits per heavy atom. The van der Waals surface area contributed by atoms with Crippen LogP contribution in [0.2, 0.25) is 5.02 Å². The predicted molar refractivity (Wildman–Crippen MR) is 126 cm³/mol. The molecule has 0 amide bonds. The third-order valence-corrected chi connectivity index (χ3v) is 5.46. The molecule has 0 atom stereocenters. The normalized spacial score (nSPS) is 10.8. The monoisotopic (exact) mass is 397 g/mol. The molecule has 0 N–H and O–H groups in total. The van der Waals surface area contributed by atoms with E-state index < -0.39 is 0 Å². The highest BCUT2D eigenvalue weighted by Gasteiger charge is 2.14. The third-order valence-electron chi connectivity index (χ3n) is 5.22. The molecule has 0 bridgehead atoms. The van der Waals surface area contributed by atoms with Gasteiger partial charge in [-0.15, -0.1) is 0 Å². The summed E-state index contributed by atoms with van der Waals surface area (Å²) in [5.41, 5.74) is 9.58. The van der Waals surface area contributed by atoms with Crippen LogP contribution in [0.5, 0.6) is 0 Å². The molecular formula is C27H24ClN. The molecule has 2 heteroatoms. The van der Waals surface area contributed by atoms with Gasteiger partial charge in [-0.05, 0) is 97.1 Å². The second-order valence-electron chi connectivity index (χ2n) is 7.47. The Balaban J connectivity index is 1.83. The Labute approximate surface area is 178 Å². The Morgan fingerprint density at radius 3 is 1.83 bits per heavy atom. The van der Waals surface area contributed by atoms with E-state index in [1.807, 2.05) is 12.1 Å². The van der Waals surface area contributed by atoms with E-state index in [-0.39, 0.29) is 0 Å². The van der Waals surface area contributed by atoms with Gasteiger partial charge in [0, 0.05) is 22.1 Å². The van der Waals surface area contributed by atoms with Crippen LogP contribution in [-0.2, 0) is 0 Å². The fraction of sp³-hybridized carbons (Fsp3) is 0.111. The number of hydrogen-bond acceptors (Lipinski definition) is 1. The van der Waals surface area contributed by atoms with Gasteiger partial charge >= 0.3 is 0 Å². The van der Waals surface area contributed by atoms with Crippen molar-refractivity contribution in [2.24, 2.45) is 0 Å². The summed E-state index contributed by atoms with van der Waals surface area (Å²) in [6, 6.07) is 31.9. The van der Waals surface area contributed by atoms with E-state index >= 15 is 0 Å². The van der Waals surface area contributed by atoms with Crippen LogP contribution in [0, 0.1) is 20.8 Å². The first kappa shape index (κ1) is 19.3. The molecule has 4 aromatic rings. The van der Waals surface area contributed by atoms with Crippen molar-refractivity contribution in [1.82, 2.24) is 0 Å². The Hall–Kier alpha value is -3.03. The van der Waals surface area contributed by atoms with E-state index in [4.69, 9.17) is 11.6 Å². The van der Waals surface area contributed by atoms with Crippen molar-refractivity contribution in [2.45, 2.75) is 20.8 Å². The molecular weight excluding hydrogens is 374 g/mol. The van der Waals surface area contributed by atoms with Crippen molar-refractivity contribution in [2.75, 3.05) is 4.90 Å². The van der Waals surface area contributed by atoms with Crippen LogP contribution >= 0.6 is 11.6 Å². The average Bonchev–Trinajstić information content (AvgIpc) is 2.70. The topological polar surface area (TPSA) is 3.24 Å². The standard InChI is InChI=1S/C27H24ClN/c1-19-8-7-11-24(16-19)29(23-9-5-4-6-10-23)25-13-15-27(21(3)18-25)26-14-12-22(28)17-20(26)2/h4-18H,1-3H3. The van der Waals surface area contributed by atoms with Gasteiger partial charge in [0.25, 0.3) is 0 Å². The largest absolute Gasteiger partial charge is 0.310 e. The van der Waals surface area contributed by atoms with E-state index in [1.165, 1.54) is 27.8 Å². The van der Waals surface area contributed by atoms with Crippen LogP contribution in [0.1, 0.15) is 16.7 Å². The van der Waals surface area contributed by atoms with E-state index in [0.717, 1.165) is 22.1 Å². The quantitative estimate of drug-likeness (QED) is 0.334. The number of benzene rings is 4. The summed E-state index contributed by atoms with van der Waals surface area (Å²) in [5, 5.41) is 0.773. The minimum Gasteiger partial charge on any atom is -0.310 e. The molecule has 144 valence electrons. The fourth-order valence-electron chi connectivity index (χ4n) is 3.81. The van der Waals surface area contributed by atoms with Gasteiger partial charge in [-0.3, -0.25) is 0 Å². The van der Waals surface area contributed by atoms with Crippen LogP contribution in [0.25, 0.3) is 11.1 Å². The molecule has 0 unspecified atom stereocenters. The van der Waals surface area contributed by atoms with E-state index in [2.05, 4.69) is 105 Å². The molecule has 0 saturated carbocycles. The molecule has 0 aliphatic carbocycles. The molecule has 0 radical (unpaired) electrons. The highest BCUT2D eigenvalue weighted by Crippen LogP contribution is 2.37. The summed E-state index contributed by atoms with van der Waals surface area (Å²) in [6.45, 7) is 6.41. The second-order valence-corrected chi connectivity index (χ2v) is 7.90. The summed E-state index contributed by atoms with van der Waals surface area (Å²) in [6.07, 6.45) is 0. The number of anilines is 3. The highest BCUT2D eigenvalue weighted by molar-refractivity contribution is 6.30. The first-order valence-corrected chi connectivity index (χ1v) is 10.2. The smallest absolute Gasteiger partial charge is 0.0464 e. The molecule has 0 aliphatic rings. The van der Waals surface area contributed by atoms with Crippen molar-refractivity contribution in [1.29, 1.82) is 0 Å². The average molecular weight is 398 g/mol. The fourth-order valence-corrected chi connectivity index (χ4v) is 4.04. The van der Waals surface area contributed by atoms with Gasteiger partial charge in [-0.2, -0.15) is 0 Å². The van der Waals surface area contributed by atoms with Crippen LogP contribution in [0.15, 0.2) is 91.0 Å². The second kappa shape index (κ2) is 8.14. The lowest BCUT2D eigenvalue weighted by Crippen LogP contribution is -2.10. The molecule has 0 heterocycles. The number of nitrogens with zero attached hydrogens (tertiary/aromatic N) is 1. The van der Waals surface area contributed by atoms with Gasteiger partial charge in [-0.25, -0.2) is 0 Å². The van der Waals surface area contributed by atoms with Gasteiger partial charge in [-0.1, -0.05) is 54.1 Å². The molecule has 0 fully saturated rings. The van der Waals surface area contributed by atoms with Gasteiger partial charge < -0.3 is 4.90 Å². The van der Waals surface area contributed by atoms with Crippen LogP contribution in [0.4, 0.5) is 17.1 Å². The van der Waals surface area contributed by atoms with Crippen molar-refractivity contribution in [3.8, 4) is 11.1 Å². The Kier molecular flexibility index (Phi) is 5.42. The first-order valence-electron chi connectivity index (χ1n) is 9.82. The summed E-state index contributed by atoms with van der Waals surface area (Å²) in [5.74, 6) is 0. The Morgan fingerprint density at radius 2 is 1.17 bits per heavy atom. The van der Waals surface area contributed by atoms with Crippen molar-refractivity contribution >= 4 is 28.7 Å². The summed E-state index contributed by atoms with van der Waals surface area (Å²) >= 11 is 6.15. The number of rotatable bonds is 4. The highest BCUT2D eigenvalue weighted by atomic mass is 35.5. The third kappa shape index (κ3) is 4.06. The van der Waals surface area contributed by atoms with Crippen molar-refractivity contribution in [3.05, 3.63) is 113 Å². The summed E-state index contributed by atoms with van der Waals surface area (Å²) in [4.78, 5) is 2.30. The molecule has 29 heavy (non-hydrogen) atoms. The molecule has 0 spiro atoms.